The van der Waals surface area contributed by atoms with Gasteiger partial charge >= 0.3 is 0 Å². The van der Waals surface area contributed by atoms with Crippen LogP contribution in [0.3, 0.4) is 0 Å². The monoisotopic (exact) mass is 274 g/mol. The first-order chi connectivity index (χ1) is 9.24. The predicted octanol–water partition coefficient (Wildman–Crippen LogP) is 2.63. The molecule has 0 unspecified atom stereocenters. The molecular weight excluding hydrogens is 256 g/mol. The minimum atomic E-state index is -0.195. The number of carbonyl (C=O) groups is 1. The van der Waals surface area contributed by atoms with Gasteiger partial charge in [-0.05, 0) is 36.7 Å². The van der Waals surface area contributed by atoms with Gasteiger partial charge in [0.1, 0.15) is 0 Å². The summed E-state index contributed by atoms with van der Waals surface area (Å²) in [7, 11) is 0. The Bertz CT molecular complexity index is 464. The van der Waals surface area contributed by atoms with Crippen molar-refractivity contribution in [3.63, 3.8) is 0 Å². The normalized spacial score (nSPS) is 15.6. The molecule has 1 aromatic carbocycles. The van der Waals surface area contributed by atoms with Crippen LogP contribution in [-0.2, 0) is 4.79 Å². The first kappa shape index (κ1) is 13.7. The first-order valence-electron chi connectivity index (χ1n) is 6.58. The third kappa shape index (κ3) is 4.83. The Balaban J connectivity index is 1.77. The summed E-state index contributed by atoms with van der Waals surface area (Å²) in [6.45, 7) is 0. The van der Waals surface area contributed by atoms with Crippen LogP contribution in [0.5, 0.6) is 0 Å². The van der Waals surface area contributed by atoms with Crippen LogP contribution in [-0.4, -0.2) is 17.1 Å². The number of hydrogen-bond donors (Lipinski definition) is 2. The van der Waals surface area contributed by atoms with Gasteiger partial charge in [0.25, 0.3) is 0 Å². The number of benzene rings is 1. The molecule has 19 heavy (non-hydrogen) atoms. The minimum absolute atomic E-state index is 0.195. The summed E-state index contributed by atoms with van der Waals surface area (Å²) in [6, 6.07) is 10.1. The van der Waals surface area contributed by atoms with Gasteiger partial charge in [-0.15, -0.1) is 0 Å². The molecule has 0 heterocycles. The molecule has 0 aliphatic heterocycles. The Morgan fingerprint density at radius 1 is 1.21 bits per heavy atom. The fourth-order valence-electron chi connectivity index (χ4n) is 2.18. The van der Waals surface area contributed by atoms with E-state index in [-0.39, 0.29) is 5.91 Å². The minimum Gasteiger partial charge on any atom is -0.360 e. The molecule has 1 fully saturated rings. The van der Waals surface area contributed by atoms with Gasteiger partial charge in [-0.1, -0.05) is 43.2 Å². The smallest absolute Gasteiger partial charge is 0.250 e. The molecule has 1 amide bonds. The maximum absolute atomic E-state index is 11.7. The van der Waals surface area contributed by atoms with Crippen LogP contribution in [0.4, 0.5) is 0 Å². The van der Waals surface area contributed by atoms with E-state index in [0.717, 1.165) is 18.4 Å². The lowest BCUT2D eigenvalue weighted by molar-refractivity contribution is -0.115. The standard InChI is InChI=1S/C15H18N2OS/c18-14(11-10-12-6-2-1-3-7-12)17-15(19)16-13-8-4-5-9-13/h1-3,6-7,10-11,13H,4-5,8-9H2,(H2,16,17,18,19)/b11-10+. The van der Waals surface area contributed by atoms with Crippen LogP contribution in [0, 0.1) is 0 Å². The average Bonchev–Trinajstić information content (AvgIpc) is 2.90. The van der Waals surface area contributed by atoms with Gasteiger partial charge in [-0.3, -0.25) is 10.1 Å². The number of nitrogens with one attached hydrogen (secondary N) is 2. The molecule has 0 spiro atoms. The largest absolute Gasteiger partial charge is 0.360 e. The number of amides is 1. The highest BCUT2D eigenvalue weighted by Gasteiger charge is 2.15. The highest BCUT2D eigenvalue weighted by atomic mass is 32.1. The Kier molecular flexibility index (Phi) is 5.10. The van der Waals surface area contributed by atoms with Gasteiger partial charge < -0.3 is 5.32 Å². The summed E-state index contributed by atoms with van der Waals surface area (Å²) >= 11 is 5.12. The van der Waals surface area contributed by atoms with Crippen molar-refractivity contribution >= 4 is 29.3 Å². The topological polar surface area (TPSA) is 41.1 Å². The quantitative estimate of drug-likeness (QED) is 0.657. The molecule has 0 atom stereocenters. The van der Waals surface area contributed by atoms with E-state index in [9.17, 15) is 4.79 Å². The molecule has 2 N–H and O–H groups in total. The van der Waals surface area contributed by atoms with Gasteiger partial charge in [0.05, 0.1) is 0 Å². The Labute approximate surface area is 119 Å². The third-order valence-electron chi connectivity index (χ3n) is 3.15. The van der Waals surface area contributed by atoms with E-state index in [1.165, 1.54) is 18.9 Å². The van der Waals surface area contributed by atoms with Gasteiger partial charge in [0, 0.05) is 12.1 Å². The van der Waals surface area contributed by atoms with E-state index >= 15 is 0 Å². The first-order valence-corrected chi connectivity index (χ1v) is 6.99. The van der Waals surface area contributed by atoms with E-state index in [2.05, 4.69) is 10.6 Å². The molecular formula is C15H18N2OS. The van der Waals surface area contributed by atoms with E-state index in [0.29, 0.717) is 11.2 Å². The Hall–Kier alpha value is -1.68. The van der Waals surface area contributed by atoms with Crippen molar-refractivity contribution in [2.45, 2.75) is 31.7 Å². The maximum atomic E-state index is 11.7. The maximum Gasteiger partial charge on any atom is 0.250 e. The molecule has 4 heteroatoms. The van der Waals surface area contributed by atoms with Gasteiger partial charge in [-0.2, -0.15) is 0 Å². The Morgan fingerprint density at radius 2 is 1.89 bits per heavy atom. The second kappa shape index (κ2) is 7.04. The second-order valence-corrected chi connectivity index (χ2v) is 5.10. The van der Waals surface area contributed by atoms with Crippen molar-refractivity contribution < 1.29 is 4.79 Å². The summed E-state index contributed by atoms with van der Waals surface area (Å²) in [4.78, 5) is 11.7. The highest BCUT2D eigenvalue weighted by molar-refractivity contribution is 7.80. The fourth-order valence-corrected chi connectivity index (χ4v) is 2.45. The van der Waals surface area contributed by atoms with Crippen LogP contribution in [0.15, 0.2) is 36.4 Å². The van der Waals surface area contributed by atoms with E-state index in [1.807, 2.05) is 30.3 Å². The SMILES string of the molecule is O=C(/C=C/c1ccccc1)NC(=S)NC1CCCC1. The van der Waals surface area contributed by atoms with E-state index in [4.69, 9.17) is 12.2 Å². The number of hydrogen-bond acceptors (Lipinski definition) is 2. The molecule has 1 aliphatic rings. The molecule has 0 radical (unpaired) electrons. The molecule has 0 aromatic heterocycles. The number of carbonyl (C=O) groups excluding carboxylic acids is 1. The zero-order valence-electron chi connectivity index (χ0n) is 10.8. The Morgan fingerprint density at radius 3 is 2.58 bits per heavy atom. The molecule has 0 bridgehead atoms. The summed E-state index contributed by atoms with van der Waals surface area (Å²) < 4.78 is 0. The molecule has 1 aromatic rings. The van der Waals surface area contributed by atoms with Crippen molar-refractivity contribution in [3.8, 4) is 0 Å². The molecule has 3 nitrogen and oxygen atoms in total. The van der Waals surface area contributed by atoms with Crippen molar-refractivity contribution in [2.75, 3.05) is 0 Å². The van der Waals surface area contributed by atoms with Crippen molar-refractivity contribution in [1.29, 1.82) is 0 Å². The lowest BCUT2D eigenvalue weighted by Gasteiger charge is -2.13. The summed E-state index contributed by atoms with van der Waals surface area (Å²) in [6.07, 6.45) is 8.02. The molecule has 1 saturated carbocycles. The summed E-state index contributed by atoms with van der Waals surface area (Å²) in [5, 5.41) is 6.27. The predicted molar refractivity (Wildman–Crippen MR) is 81.6 cm³/mol. The molecule has 0 saturated heterocycles. The highest BCUT2D eigenvalue weighted by Crippen LogP contribution is 2.17. The van der Waals surface area contributed by atoms with E-state index < -0.39 is 0 Å². The van der Waals surface area contributed by atoms with Crippen LogP contribution < -0.4 is 10.6 Å². The second-order valence-electron chi connectivity index (χ2n) is 4.69. The zero-order chi connectivity index (χ0) is 13.5. The van der Waals surface area contributed by atoms with Crippen LogP contribution in [0.1, 0.15) is 31.2 Å². The van der Waals surface area contributed by atoms with Crippen LogP contribution in [0.25, 0.3) is 6.08 Å². The van der Waals surface area contributed by atoms with Crippen molar-refractivity contribution in [1.82, 2.24) is 10.6 Å². The van der Waals surface area contributed by atoms with E-state index in [1.54, 1.807) is 6.08 Å². The zero-order valence-corrected chi connectivity index (χ0v) is 11.6. The van der Waals surface area contributed by atoms with Gasteiger partial charge in [0.15, 0.2) is 5.11 Å². The molecule has 1 aliphatic carbocycles. The molecule has 2 rings (SSSR count). The lowest BCUT2D eigenvalue weighted by Crippen LogP contribution is -2.42. The van der Waals surface area contributed by atoms with Crippen molar-refractivity contribution in [2.24, 2.45) is 0 Å². The fraction of sp³-hybridized carbons (Fsp3) is 0.333. The number of rotatable bonds is 3. The summed E-state index contributed by atoms with van der Waals surface area (Å²) in [5.74, 6) is -0.195. The average molecular weight is 274 g/mol. The number of thiocarbonyl (C=S) groups is 1. The molecule has 100 valence electrons. The summed E-state index contributed by atoms with van der Waals surface area (Å²) in [5.41, 5.74) is 0.993. The van der Waals surface area contributed by atoms with Gasteiger partial charge in [0.2, 0.25) is 5.91 Å². The lowest BCUT2D eigenvalue weighted by atomic mass is 10.2. The third-order valence-corrected chi connectivity index (χ3v) is 3.37. The van der Waals surface area contributed by atoms with Crippen LogP contribution in [0.2, 0.25) is 0 Å². The van der Waals surface area contributed by atoms with Crippen LogP contribution >= 0.6 is 12.2 Å². The van der Waals surface area contributed by atoms with Gasteiger partial charge in [-0.25, -0.2) is 0 Å². The van der Waals surface area contributed by atoms with Crippen molar-refractivity contribution in [3.05, 3.63) is 42.0 Å².